The van der Waals surface area contributed by atoms with Crippen LogP contribution in [0.15, 0.2) is 24.3 Å². The molecular weight excluding hydrogens is 260 g/mol. The van der Waals surface area contributed by atoms with Gasteiger partial charge in [0.05, 0.1) is 6.61 Å². The van der Waals surface area contributed by atoms with Gasteiger partial charge < -0.3 is 20.5 Å². The first kappa shape index (κ1) is 14.5. The largest absolute Gasteiger partial charge is 0.480 e. The molecule has 0 spiro atoms. The quantitative estimate of drug-likeness (QED) is 0.642. The topological polar surface area (TPSA) is 87.7 Å². The molecule has 0 bridgehead atoms. The Morgan fingerprint density at radius 1 is 1.40 bits per heavy atom. The van der Waals surface area contributed by atoms with E-state index in [1.807, 2.05) is 24.3 Å². The van der Waals surface area contributed by atoms with Crippen LogP contribution in [0.3, 0.4) is 0 Å². The Hall–Kier alpha value is -1.92. The average Bonchev–Trinajstić information content (AvgIpc) is 2.45. The molecule has 20 heavy (non-hydrogen) atoms. The molecule has 0 saturated heterocycles. The number of hydrogen-bond acceptors (Lipinski definition) is 4. The second-order valence-electron chi connectivity index (χ2n) is 4.57. The van der Waals surface area contributed by atoms with Crippen LogP contribution in [0.25, 0.3) is 0 Å². The second kappa shape index (κ2) is 7.02. The maximum atomic E-state index is 12.1. The lowest BCUT2D eigenvalue weighted by Gasteiger charge is -2.26. The molecule has 1 aromatic rings. The summed E-state index contributed by atoms with van der Waals surface area (Å²) in [5, 5.41) is 14.3. The van der Waals surface area contributed by atoms with E-state index in [1.165, 1.54) is 5.56 Å². The molecule has 108 valence electrons. The van der Waals surface area contributed by atoms with Crippen molar-refractivity contribution >= 4 is 11.9 Å². The van der Waals surface area contributed by atoms with Crippen LogP contribution in [-0.4, -0.2) is 43.3 Å². The van der Waals surface area contributed by atoms with E-state index in [-0.39, 0.29) is 25.2 Å². The van der Waals surface area contributed by atoms with Crippen LogP contribution in [0.4, 0.5) is 0 Å². The van der Waals surface area contributed by atoms with Gasteiger partial charge in [-0.2, -0.15) is 0 Å². The SMILES string of the molecule is O=C(O)COCCNC(=O)C1NCCc2ccccc21. The third kappa shape index (κ3) is 3.79. The molecule has 6 nitrogen and oxygen atoms in total. The molecule has 1 amide bonds. The van der Waals surface area contributed by atoms with Crippen LogP contribution in [0.5, 0.6) is 0 Å². The van der Waals surface area contributed by atoms with Crippen molar-refractivity contribution in [1.29, 1.82) is 0 Å². The normalized spacial score (nSPS) is 17.3. The maximum Gasteiger partial charge on any atom is 0.329 e. The summed E-state index contributed by atoms with van der Waals surface area (Å²) in [5.74, 6) is -1.13. The zero-order valence-electron chi connectivity index (χ0n) is 11.1. The molecule has 1 aliphatic heterocycles. The van der Waals surface area contributed by atoms with E-state index in [9.17, 15) is 9.59 Å². The second-order valence-corrected chi connectivity index (χ2v) is 4.57. The van der Waals surface area contributed by atoms with E-state index in [4.69, 9.17) is 9.84 Å². The minimum Gasteiger partial charge on any atom is -0.480 e. The first-order valence-corrected chi connectivity index (χ1v) is 6.57. The van der Waals surface area contributed by atoms with Crippen molar-refractivity contribution in [2.75, 3.05) is 26.3 Å². The maximum absolute atomic E-state index is 12.1. The lowest BCUT2D eigenvalue weighted by atomic mass is 9.94. The summed E-state index contributed by atoms with van der Waals surface area (Å²) in [4.78, 5) is 22.4. The summed E-state index contributed by atoms with van der Waals surface area (Å²) in [6.07, 6.45) is 0.918. The summed E-state index contributed by atoms with van der Waals surface area (Å²) in [6, 6.07) is 7.53. The number of carboxylic acid groups (broad SMARTS) is 1. The summed E-state index contributed by atoms with van der Waals surface area (Å²) >= 11 is 0. The Morgan fingerprint density at radius 3 is 3.00 bits per heavy atom. The summed E-state index contributed by atoms with van der Waals surface area (Å²) < 4.78 is 4.87. The number of rotatable bonds is 6. The molecule has 1 heterocycles. The van der Waals surface area contributed by atoms with E-state index in [0.29, 0.717) is 6.54 Å². The van der Waals surface area contributed by atoms with Crippen molar-refractivity contribution in [1.82, 2.24) is 10.6 Å². The summed E-state index contributed by atoms with van der Waals surface area (Å²) in [5.41, 5.74) is 2.19. The van der Waals surface area contributed by atoms with E-state index in [0.717, 1.165) is 18.5 Å². The fourth-order valence-electron chi connectivity index (χ4n) is 2.25. The molecule has 1 aliphatic rings. The van der Waals surface area contributed by atoms with Crippen molar-refractivity contribution in [3.63, 3.8) is 0 Å². The van der Waals surface area contributed by atoms with Gasteiger partial charge in [-0.15, -0.1) is 0 Å². The Balaban J connectivity index is 1.83. The smallest absolute Gasteiger partial charge is 0.329 e. The van der Waals surface area contributed by atoms with Crippen molar-refractivity contribution < 1.29 is 19.4 Å². The lowest BCUT2D eigenvalue weighted by molar-refractivity contribution is -0.142. The predicted octanol–water partition coefficient (Wildman–Crippen LogP) is 0.0908. The minimum atomic E-state index is -1.01. The first-order chi connectivity index (χ1) is 9.68. The number of carbonyl (C=O) groups excluding carboxylic acids is 1. The highest BCUT2D eigenvalue weighted by molar-refractivity contribution is 5.83. The number of amides is 1. The van der Waals surface area contributed by atoms with Crippen LogP contribution in [0.1, 0.15) is 17.2 Å². The van der Waals surface area contributed by atoms with E-state index in [2.05, 4.69) is 10.6 Å². The van der Waals surface area contributed by atoms with Gasteiger partial charge in [-0.1, -0.05) is 24.3 Å². The molecule has 1 aromatic carbocycles. The molecule has 3 N–H and O–H groups in total. The van der Waals surface area contributed by atoms with E-state index < -0.39 is 5.97 Å². The third-order valence-electron chi connectivity index (χ3n) is 3.14. The molecule has 1 unspecified atom stereocenters. The number of carboxylic acids is 1. The highest BCUT2D eigenvalue weighted by Crippen LogP contribution is 2.22. The molecule has 2 rings (SSSR count). The third-order valence-corrected chi connectivity index (χ3v) is 3.14. The number of fused-ring (bicyclic) bond motifs is 1. The van der Waals surface area contributed by atoms with Crippen molar-refractivity contribution in [3.8, 4) is 0 Å². The number of hydrogen-bond donors (Lipinski definition) is 3. The molecule has 6 heteroatoms. The van der Waals surface area contributed by atoms with E-state index >= 15 is 0 Å². The monoisotopic (exact) mass is 278 g/mol. The van der Waals surface area contributed by atoms with Crippen molar-refractivity contribution in [3.05, 3.63) is 35.4 Å². The van der Waals surface area contributed by atoms with Gasteiger partial charge in [0.1, 0.15) is 12.6 Å². The highest BCUT2D eigenvalue weighted by atomic mass is 16.5. The highest BCUT2D eigenvalue weighted by Gasteiger charge is 2.25. The van der Waals surface area contributed by atoms with Crippen molar-refractivity contribution in [2.24, 2.45) is 0 Å². The number of aliphatic carboxylic acids is 1. The molecular formula is C14H18N2O4. The molecule has 0 radical (unpaired) electrons. The molecule has 0 fully saturated rings. The Labute approximate surface area is 117 Å². The van der Waals surface area contributed by atoms with Crippen LogP contribution < -0.4 is 10.6 Å². The number of ether oxygens (including phenoxy) is 1. The van der Waals surface area contributed by atoms with Gasteiger partial charge in [-0.05, 0) is 17.5 Å². The van der Waals surface area contributed by atoms with Crippen LogP contribution in [0.2, 0.25) is 0 Å². The Bertz CT molecular complexity index is 490. The minimum absolute atomic E-state index is 0.115. The Morgan fingerprint density at radius 2 is 2.20 bits per heavy atom. The molecule has 1 atom stereocenters. The van der Waals surface area contributed by atoms with Gasteiger partial charge in [0, 0.05) is 13.1 Å². The lowest BCUT2D eigenvalue weighted by Crippen LogP contribution is -2.42. The molecule has 0 aromatic heterocycles. The molecule has 0 aliphatic carbocycles. The Kier molecular flexibility index (Phi) is 5.09. The summed E-state index contributed by atoms with van der Waals surface area (Å²) in [7, 11) is 0. The number of benzene rings is 1. The first-order valence-electron chi connectivity index (χ1n) is 6.57. The predicted molar refractivity (Wildman–Crippen MR) is 72.4 cm³/mol. The standard InChI is InChI=1S/C14H18N2O4/c17-12(18)9-20-8-7-16-14(19)13-11-4-2-1-3-10(11)5-6-15-13/h1-4,13,15H,5-9H2,(H,16,19)(H,17,18). The van der Waals surface area contributed by atoms with Gasteiger partial charge in [0.25, 0.3) is 0 Å². The summed E-state index contributed by atoms with van der Waals surface area (Å²) in [6.45, 7) is 0.907. The number of nitrogens with one attached hydrogen (secondary N) is 2. The average molecular weight is 278 g/mol. The van der Waals surface area contributed by atoms with Gasteiger partial charge >= 0.3 is 5.97 Å². The van der Waals surface area contributed by atoms with Crippen molar-refractivity contribution in [2.45, 2.75) is 12.5 Å². The van der Waals surface area contributed by atoms with Crippen LogP contribution >= 0.6 is 0 Å². The van der Waals surface area contributed by atoms with Gasteiger partial charge in [-0.3, -0.25) is 4.79 Å². The van der Waals surface area contributed by atoms with Crippen LogP contribution in [-0.2, 0) is 20.7 Å². The number of carbonyl (C=O) groups is 2. The zero-order valence-corrected chi connectivity index (χ0v) is 11.1. The van der Waals surface area contributed by atoms with Gasteiger partial charge in [0.15, 0.2) is 0 Å². The molecule has 0 saturated carbocycles. The van der Waals surface area contributed by atoms with Gasteiger partial charge in [-0.25, -0.2) is 4.79 Å². The fraction of sp³-hybridized carbons (Fsp3) is 0.429. The fourth-order valence-corrected chi connectivity index (χ4v) is 2.25. The zero-order chi connectivity index (χ0) is 14.4. The van der Waals surface area contributed by atoms with Crippen LogP contribution in [0, 0.1) is 0 Å². The van der Waals surface area contributed by atoms with E-state index in [1.54, 1.807) is 0 Å². The van der Waals surface area contributed by atoms with Gasteiger partial charge in [0.2, 0.25) is 5.91 Å².